The molecule has 0 saturated carbocycles. The molecule has 0 unspecified atom stereocenters. The van der Waals surface area contributed by atoms with E-state index < -0.39 is 0 Å². The van der Waals surface area contributed by atoms with Gasteiger partial charge in [-0.1, -0.05) is 15.9 Å². The van der Waals surface area contributed by atoms with Crippen molar-refractivity contribution < 1.29 is 9.47 Å². The van der Waals surface area contributed by atoms with Crippen LogP contribution in [0.3, 0.4) is 0 Å². The maximum absolute atomic E-state index is 5.49. The number of methoxy groups -OCH3 is 2. The Morgan fingerprint density at radius 3 is 2.67 bits per heavy atom. The van der Waals surface area contributed by atoms with Gasteiger partial charge in [0.1, 0.15) is 11.5 Å². The van der Waals surface area contributed by atoms with Gasteiger partial charge in [0.25, 0.3) is 0 Å². The third kappa shape index (κ3) is 3.28. The zero-order chi connectivity index (χ0) is 17.1. The summed E-state index contributed by atoms with van der Waals surface area (Å²) >= 11 is 3.47. The van der Waals surface area contributed by atoms with Crippen molar-refractivity contribution in [1.82, 2.24) is 10.2 Å². The molecule has 0 aliphatic carbocycles. The molecule has 0 atom stereocenters. The van der Waals surface area contributed by atoms with Gasteiger partial charge in [-0.2, -0.15) is 10.2 Å². The van der Waals surface area contributed by atoms with Crippen molar-refractivity contribution in [1.29, 1.82) is 0 Å². The molecule has 2 aromatic carbocycles. The summed E-state index contributed by atoms with van der Waals surface area (Å²) in [5, 5.41) is 9.38. The smallest absolute Gasteiger partial charge is 0.127 e. The quantitative estimate of drug-likeness (QED) is 0.660. The predicted octanol–water partition coefficient (Wildman–Crippen LogP) is 4.05. The number of benzene rings is 2. The van der Waals surface area contributed by atoms with E-state index in [-0.39, 0.29) is 0 Å². The summed E-state index contributed by atoms with van der Waals surface area (Å²) in [4.78, 5) is 2.13. The molecule has 0 aliphatic heterocycles. The van der Waals surface area contributed by atoms with Crippen LogP contribution < -0.4 is 14.4 Å². The van der Waals surface area contributed by atoms with E-state index in [4.69, 9.17) is 9.47 Å². The minimum atomic E-state index is 0.685. The molecule has 5 nitrogen and oxygen atoms in total. The van der Waals surface area contributed by atoms with Crippen LogP contribution in [0.15, 0.2) is 47.1 Å². The van der Waals surface area contributed by atoms with E-state index in [2.05, 4.69) is 31.0 Å². The van der Waals surface area contributed by atoms with Crippen LogP contribution in [-0.2, 0) is 6.54 Å². The van der Waals surface area contributed by atoms with Crippen LogP contribution in [0.2, 0.25) is 0 Å². The van der Waals surface area contributed by atoms with E-state index in [0.29, 0.717) is 6.54 Å². The summed E-state index contributed by atoms with van der Waals surface area (Å²) in [5.74, 6) is 1.58. The fourth-order valence-electron chi connectivity index (χ4n) is 2.65. The topological polar surface area (TPSA) is 47.5 Å². The summed E-state index contributed by atoms with van der Waals surface area (Å²) < 4.78 is 11.7. The number of nitrogens with zero attached hydrogens (tertiary/aromatic N) is 3. The van der Waals surface area contributed by atoms with Crippen molar-refractivity contribution in [3.8, 4) is 11.5 Å². The van der Waals surface area contributed by atoms with Crippen molar-refractivity contribution in [2.24, 2.45) is 0 Å². The normalized spacial score (nSPS) is 10.7. The Labute approximate surface area is 149 Å². The number of halogens is 1. The molecular formula is C18H18BrN3O2. The Balaban J connectivity index is 1.94. The first-order valence-corrected chi connectivity index (χ1v) is 8.24. The van der Waals surface area contributed by atoms with Gasteiger partial charge in [0, 0.05) is 35.1 Å². The highest BCUT2D eigenvalue weighted by Crippen LogP contribution is 2.30. The van der Waals surface area contributed by atoms with E-state index in [0.717, 1.165) is 38.1 Å². The van der Waals surface area contributed by atoms with E-state index in [1.807, 2.05) is 43.4 Å². The Morgan fingerprint density at radius 1 is 1.08 bits per heavy atom. The zero-order valence-electron chi connectivity index (χ0n) is 13.8. The molecule has 1 heterocycles. The lowest BCUT2D eigenvalue weighted by molar-refractivity contribution is 0.391. The lowest BCUT2D eigenvalue weighted by Gasteiger charge is -2.22. The van der Waals surface area contributed by atoms with Crippen molar-refractivity contribution in [3.05, 3.63) is 52.6 Å². The van der Waals surface area contributed by atoms with Gasteiger partial charge in [0.05, 0.1) is 31.6 Å². The standard InChI is InChI=1S/C18H18BrN3O2/c1-22(11-12-4-6-14(23-2)9-18(12)24-3)17-10-20-21-16-8-13(19)5-7-15(16)17/h4-10H,11H2,1-3H3. The van der Waals surface area contributed by atoms with E-state index in [1.165, 1.54) is 0 Å². The number of hydrogen-bond donors (Lipinski definition) is 0. The number of hydrogen-bond acceptors (Lipinski definition) is 5. The van der Waals surface area contributed by atoms with Crippen LogP contribution in [0, 0.1) is 0 Å². The summed E-state index contributed by atoms with van der Waals surface area (Å²) in [7, 11) is 5.34. The second-order valence-corrected chi connectivity index (χ2v) is 6.34. The number of rotatable bonds is 5. The molecule has 0 spiro atoms. The first kappa shape index (κ1) is 16.5. The Hall–Kier alpha value is -2.34. The van der Waals surface area contributed by atoms with Gasteiger partial charge < -0.3 is 14.4 Å². The highest BCUT2D eigenvalue weighted by Gasteiger charge is 2.12. The van der Waals surface area contributed by atoms with E-state index in [1.54, 1.807) is 20.4 Å². The number of anilines is 1. The van der Waals surface area contributed by atoms with Crippen LogP contribution in [0.1, 0.15) is 5.56 Å². The zero-order valence-corrected chi connectivity index (χ0v) is 15.4. The van der Waals surface area contributed by atoms with Crippen molar-refractivity contribution in [2.45, 2.75) is 6.54 Å². The second kappa shape index (κ2) is 7.05. The molecule has 3 rings (SSSR count). The second-order valence-electron chi connectivity index (χ2n) is 5.43. The maximum atomic E-state index is 5.49. The molecule has 1 aromatic heterocycles. The molecule has 0 saturated heterocycles. The highest BCUT2D eigenvalue weighted by atomic mass is 79.9. The van der Waals surface area contributed by atoms with Crippen LogP contribution >= 0.6 is 15.9 Å². The van der Waals surface area contributed by atoms with Crippen molar-refractivity contribution in [2.75, 3.05) is 26.2 Å². The third-order valence-electron chi connectivity index (χ3n) is 3.89. The summed E-state index contributed by atoms with van der Waals surface area (Å²) in [5.41, 5.74) is 2.95. The molecule has 124 valence electrons. The Kier molecular flexibility index (Phi) is 4.85. The molecule has 0 aliphatic rings. The van der Waals surface area contributed by atoms with Gasteiger partial charge in [0.15, 0.2) is 0 Å². The molecular weight excluding hydrogens is 370 g/mol. The van der Waals surface area contributed by atoms with Crippen LogP contribution in [-0.4, -0.2) is 31.5 Å². The average Bonchev–Trinajstić information content (AvgIpc) is 2.61. The lowest BCUT2D eigenvalue weighted by Crippen LogP contribution is -2.17. The SMILES string of the molecule is COc1ccc(CN(C)c2cnnc3cc(Br)ccc23)c(OC)c1. The highest BCUT2D eigenvalue weighted by molar-refractivity contribution is 9.10. The summed E-state index contributed by atoms with van der Waals surface area (Å²) in [6.45, 7) is 0.685. The molecule has 6 heteroatoms. The Bertz CT molecular complexity index is 870. The molecule has 0 bridgehead atoms. The van der Waals surface area contributed by atoms with Crippen molar-refractivity contribution >= 4 is 32.5 Å². The largest absolute Gasteiger partial charge is 0.497 e. The van der Waals surface area contributed by atoms with E-state index >= 15 is 0 Å². The van der Waals surface area contributed by atoms with Crippen LogP contribution in [0.5, 0.6) is 11.5 Å². The summed E-state index contributed by atoms with van der Waals surface area (Å²) in [6, 6.07) is 11.9. The average molecular weight is 388 g/mol. The molecule has 0 radical (unpaired) electrons. The Morgan fingerprint density at radius 2 is 1.92 bits per heavy atom. The summed E-state index contributed by atoms with van der Waals surface area (Å²) in [6.07, 6.45) is 1.78. The van der Waals surface area contributed by atoms with Gasteiger partial charge in [-0.05, 0) is 30.3 Å². The first-order valence-electron chi connectivity index (χ1n) is 7.45. The molecule has 0 fully saturated rings. The predicted molar refractivity (Wildman–Crippen MR) is 98.9 cm³/mol. The number of ether oxygens (including phenoxy) is 2. The number of aromatic nitrogens is 2. The fourth-order valence-corrected chi connectivity index (χ4v) is 3.00. The van der Waals surface area contributed by atoms with Gasteiger partial charge >= 0.3 is 0 Å². The van der Waals surface area contributed by atoms with Crippen LogP contribution in [0.4, 0.5) is 5.69 Å². The minimum Gasteiger partial charge on any atom is -0.497 e. The van der Waals surface area contributed by atoms with Crippen molar-refractivity contribution in [3.63, 3.8) is 0 Å². The van der Waals surface area contributed by atoms with E-state index in [9.17, 15) is 0 Å². The maximum Gasteiger partial charge on any atom is 0.127 e. The minimum absolute atomic E-state index is 0.685. The van der Waals surface area contributed by atoms with Crippen LogP contribution in [0.25, 0.3) is 10.9 Å². The third-order valence-corrected chi connectivity index (χ3v) is 4.39. The van der Waals surface area contributed by atoms with Gasteiger partial charge in [-0.25, -0.2) is 0 Å². The first-order chi connectivity index (χ1) is 11.6. The molecule has 24 heavy (non-hydrogen) atoms. The van der Waals surface area contributed by atoms with Gasteiger partial charge in [0.2, 0.25) is 0 Å². The van der Waals surface area contributed by atoms with Gasteiger partial charge in [-0.3, -0.25) is 0 Å². The van der Waals surface area contributed by atoms with Gasteiger partial charge in [-0.15, -0.1) is 0 Å². The number of fused-ring (bicyclic) bond motifs is 1. The monoisotopic (exact) mass is 387 g/mol. The molecule has 3 aromatic rings. The molecule has 0 amide bonds. The lowest BCUT2D eigenvalue weighted by atomic mass is 10.1. The molecule has 0 N–H and O–H groups in total. The fraction of sp³-hybridized carbons (Fsp3) is 0.222.